The molecule has 2 aromatic carbocycles. The Kier molecular flexibility index (Phi) is 8.91. The normalized spacial score (nSPS) is 12.8. The number of carbonyl (C=O) groups is 2. The first-order chi connectivity index (χ1) is 13.9. The Bertz CT molecular complexity index is 771. The van der Waals surface area contributed by atoms with E-state index < -0.39 is 6.04 Å². The van der Waals surface area contributed by atoms with Crippen molar-refractivity contribution in [2.24, 2.45) is 0 Å². The zero-order valence-corrected chi connectivity index (χ0v) is 18.2. The van der Waals surface area contributed by atoms with Crippen molar-refractivity contribution in [3.63, 3.8) is 0 Å². The van der Waals surface area contributed by atoms with Crippen LogP contribution in [0.5, 0.6) is 0 Å². The summed E-state index contributed by atoms with van der Waals surface area (Å²) < 4.78 is 0. The van der Waals surface area contributed by atoms with E-state index in [4.69, 9.17) is 0 Å². The molecule has 0 radical (unpaired) electrons. The van der Waals surface area contributed by atoms with E-state index in [1.54, 1.807) is 4.90 Å². The molecule has 2 aromatic rings. The summed E-state index contributed by atoms with van der Waals surface area (Å²) in [5.41, 5.74) is 3.46. The van der Waals surface area contributed by atoms with Gasteiger partial charge in [-0.05, 0) is 49.8 Å². The van der Waals surface area contributed by atoms with E-state index in [0.29, 0.717) is 19.4 Å². The highest BCUT2D eigenvalue weighted by Gasteiger charge is 2.26. The molecule has 0 aromatic heterocycles. The van der Waals surface area contributed by atoms with Crippen LogP contribution in [0.1, 0.15) is 57.2 Å². The Morgan fingerprint density at radius 3 is 2.10 bits per heavy atom. The molecule has 2 unspecified atom stereocenters. The van der Waals surface area contributed by atoms with Crippen LogP contribution in [0.4, 0.5) is 0 Å². The van der Waals surface area contributed by atoms with Gasteiger partial charge in [0.1, 0.15) is 6.04 Å². The highest BCUT2D eigenvalue weighted by atomic mass is 16.2. The number of aryl methyl sites for hydroxylation is 2. The van der Waals surface area contributed by atoms with Gasteiger partial charge in [0, 0.05) is 19.0 Å². The van der Waals surface area contributed by atoms with Crippen molar-refractivity contribution >= 4 is 11.8 Å². The van der Waals surface area contributed by atoms with Crippen molar-refractivity contribution < 1.29 is 9.59 Å². The molecule has 0 heterocycles. The molecule has 0 fully saturated rings. The van der Waals surface area contributed by atoms with Gasteiger partial charge in [0.25, 0.3) is 0 Å². The molecule has 2 rings (SSSR count). The van der Waals surface area contributed by atoms with E-state index in [1.165, 1.54) is 5.56 Å². The van der Waals surface area contributed by atoms with Crippen molar-refractivity contribution in [3.05, 3.63) is 71.3 Å². The minimum absolute atomic E-state index is 0.000206. The van der Waals surface area contributed by atoms with Crippen molar-refractivity contribution in [1.29, 1.82) is 0 Å². The molecule has 4 heteroatoms. The summed E-state index contributed by atoms with van der Waals surface area (Å²) in [6, 6.07) is 17.8. The van der Waals surface area contributed by atoms with E-state index in [1.807, 2.05) is 51.1 Å². The minimum Gasteiger partial charge on any atom is -0.352 e. The third-order valence-electron chi connectivity index (χ3n) is 5.42. The third-order valence-corrected chi connectivity index (χ3v) is 5.42. The maximum Gasteiger partial charge on any atom is 0.242 e. The van der Waals surface area contributed by atoms with Crippen LogP contribution in [0.15, 0.2) is 54.6 Å². The summed E-state index contributed by atoms with van der Waals surface area (Å²) >= 11 is 0. The molecule has 0 spiro atoms. The van der Waals surface area contributed by atoms with Gasteiger partial charge in [-0.15, -0.1) is 0 Å². The lowest BCUT2D eigenvalue weighted by atomic mass is 10.0. The fourth-order valence-electron chi connectivity index (χ4n) is 3.16. The molecule has 29 heavy (non-hydrogen) atoms. The zero-order valence-electron chi connectivity index (χ0n) is 18.2. The van der Waals surface area contributed by atoms with Gasteiger partial charge in [-0.3, -0.25) is 9.59 Å². The summed E-state index contributed by atoms with van der Waals surface area (Å²) in [7, 11) is 0. The largest absolute Gasteiger partial charge is 0.352 e. The number of nitrogens with zero attached hydrogens (tertiary/aromatic N) is 1. The number of amides is 2. The number of rotatable bonds is 10. The van der Waals surface area contributed by atoms with Gasteiger partial charge in [-0.1, -0.05) is 68.4 Å². The van der Waals surface area contributed by atoms with Crippen LogP contribution < -0.4 is 5.32 Å². The maximum absolute atomic E-state index is 13.1. The highest BCUT2D eigenvalue weighted by Crippen LogP contribution is 2.14. The molecule has 1 N–H and O–H groups in total. The SMILES string of the molecule is CCc1ccc(CCC(=O)N(Cc2ccccc2)C(C)C(=O)NC(C)CC)cc1. The van der Waals surface area contributed by atoms with Crippen molar-refractivity contribution in [3.8, 4) is 0 Å². The first kappa shape index (κ1) is 22.7. The number of carbonyl (C=O) groups excluding carboxylic acids is 2. The van der Waals surface area contributed by atoms with Crippen LogP contribution >= 0.6 is 0 Å². The van der Waals surface area contributed by atoms with Crippen molar-refractivity contribution in [2.45, 2.75) is 72.0 Å². The van der Waals surface area contributed by atoms with E-state index in [-0.39, 0.29) is 17.9 Å². The molecule has 0 saturated carbocycles. The third kappa shape index (κ3) is 7.04. The predicted molar refractivity (Wildman–Crippen MR) is 118 cm³/mol. The first-order valence-corrected chi connectivity index (χ1v) is 10.7. The van der Waals surface area contributed by atoms with Gasteiger partial charge in [0.2, 0.25) is 11.8 Å². The van der Waals surface area contributed by atoms with Gasteiger partial charge in [-0.25, -0.2) is 0 Å². The molecule has 0 saturated heterocycles. The molecule has 0 aliphatic carbocycles. The van der Waals surface area contributed by atoms with Crippen LogP contribution in [0.3, 0.4) is 0 Å². The average Bonchev–Trinajstić information content (AvgIpc) is 2.76. The number of hydrogen-bond acceptors (Lipinski definition) is 2. The lowest BCUT2D eigenvalue weighted by Crippen LogP contribution is -2.49. The predicted octanol–water partition coefficient (Wildman–Crippen LogP) is 4.51. The van der Waals surface area contributed by atoms with Crippen LogP contribution in [0, 0.1) is 0 Å². The van der Waals surface area contributed by atoms with Gasteiger partial charge in [0.15, 0.2) is 0 Å². The van der Waals surface area contributed by atoms with E-state index in [2.05, 4.69) is 36.5 Å². The Balaban J connectivity index is 2.09. The molecule has 0 aliphatic rings. The topological polar surface area (TPSA) is 49.4 Å². The second-order valence-electron chi connectivity index (χ2n) is 7.67. The number of benzene rings is 2. The van der Waals surface area contributed by atoms with E-state index in [0.717, 1.165) is 24.0 Å². The van der Waals surface area contributed by atoms with Gasteiger partial charge in [-0.2, -0.15) is 0 Å². The van der Waals surface area contributed by atoms with E-state index in [9.17, 15) is 9.59 Å². The second-order valence-corrected chi connectivity index (χ2v) is 7.67. The summed E-state index contributed by atoms with van der Waals surface area (Å²) in [5.74, 6) is -0.101. The Morgan fingerprint density at radius 1 is 0.897 bits per heavy atom. The van der Waals surface area contributed by atoms with Crippen LogP contribution in [0.2, 0.25) is 0 Å². The number of nitrogens with one attached hydrogen (secondary N) is 1. The lowest BCUT2D eigenvalue weighted by Gasteiger charge is -2.29. The zero-order chi connectivity index (χ0) is 21.2. The highest BCUT2D eigenvalue weighted by molar-refractivity contribution is 5.87. The molecule has 2 atom stereocenters. The molecule has 156 valence electrons. The van der Waals surface area contributed by atoms with Gasteiger partial charge < -0.3 is 10.2 Å². The monoisotopic (exact) mass is 394 g/mol. The van der Waals surface area contributed by atoms with Gasteiger partial charge >= 0.3 is 0 Å². The van der Waals surface area contributed by atoms with Crippen molar-refractivity contribution in [2.75, 3.05) is 0 Å². The molecule has 4 nitrogen and oxygen atoms in total. The smallest absolute Gasteiger partial charge is 0.242 e. The van der Waals surface area contributed by atoms with Crippen LogP contribution in [-0.4, -0.2) is 28.8 Å². The molecule has 0 bridgehead atoms. The summed E-state index contributed by atoms with van der Waals surface area (Å²) in [6.07, 6.45) is 2.93. The maximum atomic E-state index is 13.1. The molecule has 0 aliphatic heterocycles. The Labute approximate surface area is 175 Å². The fourth-order valence-corrected chi connectivity index (χ4v) is 3.16. The van der Waals surface area contributed by atoms with Crippen LogP contribution in [-0.2, 0) is 29.0 Å². The second kappa shape index (κ2) is 11.4. The fraction of sp³-hybridized carbons (Fsp3) is 0.440. The first-order valence-electron chi connectivity index (χ1n) is 10.7. The summed E-state index contributed by atoms with van der Waals surface area (Å²) in [4.78, 5) is 27.5. The summed E-state index contributed by atoms with van der Waals surface area (Å²) in [6.45, 7) is 8.39. The van der Waals surface area contributed by atoms with Crippen LogP contribution in [0.25, 0.3) is 0 Å². The Hall–Kier alpha value is -2.62. The van der Waals surface area contributed by atoms with E-state index >= 15 is 0 Å². The Morgan fingerprint density at radius 2 is 1.52 bits per heavy atom. The molecule has 2 amide bonds. The molecular weight excluding hydrogens is 360 g/mol. The number of hydrogen-bond donors (Lipinski definition) is 1. The summed E-state index contributed by atoms with van der Waals surface area (Å²) in [5, 5.41) is 3.00. The standard InChI is InChI=1S/C25H34N2O2/c1-5-19(3)26-25(29)20(4)27(18-23-10-8-7-9-11-23)24(28)17-16-22-14-12-21(6-2)13-15-22/h7-15,19-20H,5-6,16-18H2,1-4H3,(H,26,29). The molecular formula is C25H34N2O2. The lowest BCUT2D eigenvalue weighted by molar-refractivity contribution is -0.140. The van der Waals surface area contributed by atoms with Crippen molar-refractivity contribution in [1.82, 2.24) is 10.2 Å². The average molecular weight is 395 g/mol. The minimum atomic E-state index is -0.515. The van der Waals surface area contributed by atoms with Gasteiger partial charge in [0.05, 0.1) is 0 Å². The quantitative estimate of drug-likeness (QED) is 0.644.